The van der Waals surface area contributed by atoms with Gasteiger partial charge in [-0.2, -0.15) is 0 Å². The van der Waals surface area contributed by atoms with Gasteiger partial charge < -0.3 is 9.84 Å². The molecule has 0 bridgehead atoms. The van der Waals surface area contributed by atoms with Gasteiger partial charge in [0.2, 0.25) is 5.88 Å². The Labute approximate surface area is 121 Å². The van der Waals surface area contributed by atoms with Crippen LogP contribution in [0.15, 0.2) is 33.9 Å². The van der Waals surface area contributed by atoms with E-state index in [2.05, 4.69) is 4.98 Å². The number of benzene rings is 1. The van der Waals surface area contributed by atoms with Gasteiger partial charge >= 0.3 is 5.69 Å². The van der Waals surface area contributed by atoms with Gasteiger partial charge in [0.25, 0.3) is 5.56 Å². The summed E-state index contributed by atoms with van der Waals surface area (Å²) < 4.78 is 6.19. The maximum Gasteiger partial charge on any atom is 0.331 e. The van der Waals surface area contributed by atoms with Gasteiger partial charge in [-0.1, -0.05) is 29.8 Å². The van der Waals surface area contributed by atoms with Crippen LogP contribution in [0.5, 0.6) is 5.88 Å². The lowest BCUT2D eigenvalue weighted by molar-refractivity contribution is 0.0992. The zero-order chi connectivity index (χ0) is 15.6. The number of aromatic amines is 1. The molecule has 0 aliphatic carbocycles. The van der Waals surface area contributed by atoms with E-state index < -0.39 is 11.2 Å². The Morgan fingerprint density at radius 2 is 1.90 bits per heavy atom. The first kappa shape index (κ1) is 15.1. The van der Waals surface area contributed by atoms with Crippen molar-refractivity contribution in [3.8, 4) is 17.0 Å². The summed E-state index contributed by atoms with van der Waals surface area (Å²) in [7, 11) is 1.51. The van der Waals surface area contributed by atoms with Crippen molar-refractivity contribution in [2.45, 2.75) is 26.5 Å². The average Bonchev–Trinajstić information content (AvgIpc) is 2.45. The standard InChI is InChI=1S/C15H18N2O4/c1-9-4-6-11(7-5-9)12-13(18)16-15(20)17(14(12)19)8-10(2)21-3/h4-7,10,19H,8H2,1-3H3,(H,16,18,20). The number of nitrogens with zero attached hydrogens (tertiary/aromatic N) is 1. The molecule has 0 spiro atoms. The Morgan fingerprint density at radius 1 is 1.29 bits per heavy atom. The second kappa shape index (κ2) is 5.97. The normalized spacial score (nSPS) is 12.3. The molecule has 6 nitrogen and oxygen atoms in total. The van der Waals surface area contributed by atoms with Crippen molar-refractivity contribution < 1.29 is 9.84 Å². The number of aromatic nitrogens is 2. The smallest absolute Gasteiger partial charge is 0.331 e. The molecule has 1 aromatic carbocycles. The topological polar surface area (TPSA) is 84.3 Å². The first-order valence-corrected chi connectivity index (χ1v) is 6.60. The van der Waals surface area contributed by atoms with Gasteiger partial charge in [0, 0.05) is 7.11 Å². The van der Waals surface area contributed by atoms with Gasteiger partial charge in [-0.25, -0.2) is 4.79 Å². The molecule has 1 aromatic heterocycles. The van der Waals surface area contributed by atoms with E-state index in [0.29, 0.717) is 5.56 Å². The summed E-state index contributed by atoms with van der Waals surface area (Å²) >= 11 is 0. The summed E-state index contributed by atoms with van der Waals surface area (Å²) in [5.74, 6) is -0.350. The predicted octanol–water partition coefficient (Wildman–Crippen LogP) is 1.25. The Kier molecular flexibility index (Phi) is 4.28. The van der Waals surface area contributed by atoms with Crippen LogP contribution in [0.4, 0.5) is 0 Å². The van der Waals surface area contributed by atoms with Crippen molar-refractivity contribution in [1.29, 1.82) is 0 Å². The van der Waals surface area contributed by atoms with Crippen LogP contribution in [0, 0.1) is 6.92 Å². The minimum atomic E-state index is -0.655. The number of aromatic hydroxyl groups is 1. The molecular formula is C15H18N2O4. The van der Waals surface area contributed by atoms with E-state index in [4.69, 9.17) is 4.74 Å². The molecule has 112 valence electrons. The van der Waals surface area contributed by atoms with Crippen molar-refractivity contribution in [2.24, 2.45) is 0 Å². The monoisotopic (exact) mass is 290 g/mol. The summed E-state index contributed by atoms with van der Waals surface area (Å²) in [5.41, 5.74) is 0.409. The van der Waals surface area contributed by atoms with Crippen LogP contribution in [-0.2, 0) is 11.3 Å². The molecule has 0 saturated carbocycles. The third-order valence-electron chi connectivity index (χ3n) is 3.35. The highest BCUT2D eigenvalue weighted by molar-refractivity contribution is 5.67. The van der Waals surface area contributed by atoms with Crippen molar-refractivity contribution in [1.82, 2.24) is 9.55 Å². The van der Waals surface area contributed by atoms with Crippen LogP contribution < -0.4 is 11.2 Å². The largest absolute Gasteiger partial charge is 0.494 e. The SMILES string of the molecule is COC(C)Cn1c(O)c(-c2ccc(C)cc2)c(=O)[nH]c1=O. The first-order valence-electron chi connectivity index (χ1n) is 6.60. The van der Waals surface area contributed by atoms with E-state index in [1.165, 1.54) is 7.11 Å². The molecular weight excluding hydrogens is 272 g/mol. The van der Waals surface area contributed by atoms with Crippen LogP contribution in [0.1, 0.15) is 12.5 Å². The number of rotatable bonds is 4. The molecule has 0 aliphatic heterocycles. The van der Waals surface area contributed by atoms with E-state index >= 15 is 0 Å². The zero-order valence-electron chi connectivity index (χ0n) is 12.2. The Balaban J connectivity index is 2.61. The number of hydrogen-bond acceptors (Lipinski definition) is 4. The Hall–Kier alpha value is -2.34. The lowest BCUT2D eigenvalue weighted by Gasteiger charge is -2.15. The first-order chi connectivity index (χ1) is 9.93. The fraction of sp³-hybridized carbons (Fsp3) is 0.333. The van der Waals surface area contributed by atoms with Crippen LogP contribution in [-0.4, -0.2) is 27.9 Å². The average molecular weight is 290 g/mol. The van der Waals surface area contributed by atoms with E-state index in [-0.39, 0.29) is 24.1 Å². The number of ether oxygens (including phenoxy) is 1. The molecule has 2 rings (SSSR count). The van der Waals surface area contributed by atoms with Gasteiger partial charge in [-0.15, -0.1) is 0 Å². The van der Waals surface area contributed by atoms with Gasteiger partial charge in [0.1, 0.15) is 5.56 Å². The van der Waals surface area contributed by atoms with Gasteiger partial charge in [-0.3, -0.25) is 14.3 Å². The van der Waals surface area contributed by atoms with E-state index in [9.17, 15) is 14.7 Å². The van der Waals surface area contributed by atoms with Crippen molar-refractivity contribution in [3.05, 3.63) is 50.7 Å². The molecule has 1 heterocycles. The molecule has 0 radical (unpaired) electrons. The molecule has 6 heteroatoms. The minimum Gasteiger partial charge on any atom is -0.494 e. The number of aryl methyl sites for hydroxylation is 1. The lowest BCUT2D eigenvalue weighted by atomic mass is 10.1. The van der Waals surface area contributed by atoms with Crippen LogP contribution in [0.2, 0.25) is 0 Å². The molecule has 2 aromatic rings. The highest BCUT2D eigenvalue weighted by atomic mass is 16.5. The summed E-state index contributed by atoms with van der Waals surface area (Å²) in [6.07, 6.45) is -0.273. The Bertz CT molecular complexity index is 744. The van der Waals surface area contributed by atoms with E-state index in [1.807, 2.05) is 19.1 Å². The molecule has 0 saturated heterocycles. The van der Waals surface area contributed by atoms with E-state index in [0.717, 1.165) is 10.1 Å². The van der Waals surface area contributed by atoms with Crippen LogP contribution in [0.25, 0.3) is 11.1 Å². The zero-order valence-corrected chi connectivity index (χ0v) is 12.2. The highest BCUT2D eigenvalue weighted by Crippen LogP contribution is 2.24. The summed E-state index contributed by atoms with van der Waals surface area (Å²) in [6.45, 7) is 3.84. The fourth-order valence-corrected chi connectivity index (χ4v) is 2.04. The predicted molar refractivity (Wildman–Crippen MR) is 79.6 cm³/mol. The van der Waals surface area contributed by atoms with Gasteiger partial charge in [-0.05, 0) is 19.4 Å². The summed E-state index contributed by atoms with van der Waals surface area (Å²) in [4.78, 5) is 26.1. The minimum absolute atomic E-state index is 0.0814. The maximum atomic E-state index is 12.0. The van der Waals surface area contributed by atoms with Gasteiger partial charge in [0.15, 0.2) is 0 Å². The molecule has 21 heavy (non-hydrogen) atoms. The maximum absolute atomic E-state index is 12.0. The summed E-state index contributed by atoms with van der Waals surface area (Å²) in [5, 5.41) is 10.3. The van der Waals surface area contributed by atoms with Crippen molar-refractivity contribution >= 4 is 0 Å². The second-order valence-corrected chi connectivity index (χ2v) is 4.98. The third-order valence-corrected chi connectivity index (χ3v) is 3.35. The number of H-pyrrole nitrogens is 1. The lowest BCUT2D eigenvalue weighted by Crippen LogP contribution is -2.33. The Morgan fingerprint density at radius 3 is 2.48 bits per heavy atom. The third kappa shape index (κ3) is 3.05. The molecule has 0 aliphatic rings. The fourth-order valence-electron chi connectivity index (χ4n) is 2.04. The van der Waals surface area contributed by atoms with E-state index in [1.54, 1.807) is 19.1 Å². The van der Waals surface area contributed by atoms with Crippen molar-refractivity contribution in [2.75, 3.05) is 7.11 Å². The van der Waals surface area contributed by atoms with Gasteiger partial charge in [0.05, 0.1) is 12.6 Å². The second-order valence-electron chi connectivity index (χ2n) is 4.98. The molecule has 1 unspecified atom stereocenters. The quantitative estimate of drug-likeness (QED) is 0.887. The number of methoxy groups -OCH3 is 1. The van der Waals surface area contributed by atoms with Crippen molar-refractivity contribution in [3.63, 3.8) is 0 Å². The number of hydrogen-bond donors (Lipinski definition) is 2. The molecule has 2 N–H and O–H groups in total. The van der Waals surface area contributed by atoms with Crippen LogP contribution >= 0.6 is 0 Å². The highest BCUT2D eigenvalue weighted by Gasteiger charge is 2.17. The molecule has 1 atom stereocenters. The molecule has 0 amide bonds. The van der Waals surface area contributed by atoms with Crippen LogP contribution in [0.3, 0.4) is 0 Å². The summed E-state index contributed by atoms with van der Waals surface area (Å²) in [6, 6.07) is 7.13. The number of nitrogens with one attached hydrogen (secondary N) is 1. The molecule has 0 fully saturated rings.